The molecule has 20 heavy (non-hydrogen) atoms. The quantitative estimate of drug-likeness (QED) is 0.789. The van der Waals surface area contributed by atoms with Gasteiger partial charge in [0.05, 0.1) is 13.2 Å². The SMILES string of the molecule is COC(=O)Nc1ccc(NC(=O)[C@H]2CCCCN2)cc1. The Morgan fingerprint density at radius 2 is 1.80 bits per heavy atom. The molecule has 1 aromatic carbocycles. The second-order valence-electron chi connectivity index (χ2n) is 4.69. The minimum absolute atomic E-state index is 0.0154. The van der Waals surface area contributed by atoms with E-state index >= 15 is 0 Å². The Morgan fingerprint density at radius 1 is 1.15 bits per heavy atom. The molecule has 0 saturated carbocycles. The van der Waals surface area contributed by atoms with Crippen LogP contribution in [0.4, 0.5) is 16.2 Å². The van der Waals surface area contributed by atoms with Crippen LogP contribution in [0.1, 0.15) is 19.3 Å². The van der Waals surface area contributed by atoms with Gasteiger partial charge >= 0.3 is 6.09 Å². The third-order valence-electron chi connectivity index (χ3n) is 3.21. The first-order valence-electron chi connectivity index (χ1n) is 6.68. The molecular weight excluding hydrogens is 258 g/mol. The number of hydrogen-bond donors (Lipinski definition) is 3. The van der Waals surface area contributed by atoms with Crippen molar-refractivity contribution in [1.29, 1.82) is 0 Å². The largest absolute Gasteiger partial charge is 0.453 e. The monoisotopic (exact) mass is 277 g/mol. The van der Waals surface area contributed by atoms with E-state index in [4.69, 9.17) is 0 Å². The van der Waals surface area contributed by atoms with E-state index in [1.165, 1.54) is 7.11 Å². The van der Waals surface area contributed by atoms with Gasteiger partial charge in [-0.1, -0.05) is 6.42 Å². The van der Waals surface area contributed by atoms with Crippen molar-refractivity contribution in [3.8, 4) is 0 Å². The van der Waals surface area contributed by atoms with E-state index in [2.05, 4.69) is 20.7 Å². The van der Waals surface area contributed by atoms with Crippen LogP contribution in [0.3, 0.4) is 0 Å². The number of hydrogen-bond acceptors (Lipinski definition) is 4. The highest BCUT2D eigenvalue weighted by molar-refractivity contribution is 5.95. The second-order valence-corrected chi connectivity index (χ2v) is 4.69. The number of carbonyl (C=O) groups is 2. The first-order valence-corrected chi connectivity index (χ1v) is 6.68. The maximum Gasteiger partial charge on any atom is 0.411 e. The van der Waals surface area contributed by atoms with Crippen molar-refractivity contribution in [2.45, 2.75) is 25.3 Å². The molecule has 1 heterocycles. The smallest absolute Gasteiger partial charge is 0.411 e. The van der Waals surface area contributed by atoms with Gasteiger partial charge in [0.2, 0.25) is 5.91 Å². The Bertz CT molecular complexity index is 467. The third kappa shape index (κ3) is 3.96. The summed E-state index contributed by atoms with van der Waals surface area (Å²) in [6, 6.07) is 6.79. The molecule has 0 aliphatic carbocycles. The van der Waals surface area contributed by atoms with Crippen molar-refractivity contribution < 1.29 is 14.3 Å². The molecular formula is C14H19N3O3. The summed E-state index contributed by atoms with van der Waals surface area (Å²) in [6.45, 7) is 0.889. The molecule has 1 aliphatic rings. The zero-order valence-electron chi connectivity index (χ0n) is 11.4. The zero-order chi connectivity index (χ0) is 14.4. The summed E-state index contributed by atoms with van der Waals surface area (Å²) in [5.74, 6) is -0.0154. The molecule has 1 atom stereocenters. The summed E-state index contributed by atoms with van der Waals surface area (Å²) in [6.07, 6.45) is 2.55. The van der Waals surface area contributed by atoms with Gasteiger partial charge in [-0.3, -0.25) is 10.1 Å². The standard InChI is InChI=1S/C14H19N3O3/c1-20-14(19)17-11-7-5-10(6-8-11)16-13(18)12-4-2-3-9-15-12/h5-8,12,15H,2-4,9H2,1H3,(H,16,18)(H,17,19)/t12-/m1/s1. The van der Waals surface area contributed by atoms with Crippen LogP contribution in [0.5, 0.6) is 0 Å². The average molecular weight is 277 g/mol. The number of ether oxygens (including phenoxy) is 1. The molecule has 1 saturated heterocycles. The van der Waals surface area contributed by atoms with Crippen molar-refractivity contribution in [2.24, 2.45) is 0 Å². The van der Waals surface area contributed by atoms with Crippen molar-refractivity contribution in [1.82, 2.24) is 5.32 Å². The van der Waals surface area contributed by atoms with E-state index in [9.17, 15) is 9.59 Å². The van der Waals surface area contributed by atoms with Gasteiger partial charge in [0.25, 0.3) is 0 Å². The summed E-state index contributed by atoms with van der Waals surface area (Å²) < 4.78 is 4.50. The fourth-order valence-electron chi connectivity index (χ4n) is 2.11. The van der Waals surface area contributed by atoms with Gasteiger partial charge in [-0.05, 0) is 43.7 Å². The number of nitrogens with one attached hydrogen (secondary N) is 3. The summed E-state index contributed by atoms with van der Waals surface area (Å²) in [4.78, 5) is 23.1. The Morgan fingerprint density at radius 3 is 2.35 bits per heavy atom. The first kappa shape index (κ1) is 14.3. The fourth-order valence-corrected chi connectivity index (χ4v) is 2.11. The lowest BCUT2D eigenvalue weighted by atomic mass is 10.0. The lowest BCUT2D eigenvalue weighted by Crippen LogP contribution is -2.43. The highest BCUT2D eigenvalue weighted by atomic mass is 16.5. The van der Waals surface area contributed by atoms with Gasteiger partial charge < -0.3 is 15.4 Å². The van der Waals surface area contributed by atoms with Gasteiger partial charge in [0.15, 0.2) is 0 Å². The van der Waals surface area contributed by atoms with Gasteiger partial charge in [0, 0.05) is 11.4 Å². The summed E-state index contributed by atoms with van der Waals surface area (Å²) in [5, 5.41) is 8.61. The molecule has 0 aromatic heterocycles. The van der Waals surface area contributed by atoms with Crippen LogP contribution in [0.25, 0.3) is 0 Å². The predicted molar refractivity (Wildman–Crippen MR) is 76.7 cm³/mol. The molecule has 0 bridgehead atoms. The maximum absolute atomic E-state index is 12.0. The fraction of sp³-hybridized carbons (Fsp3) is 0.429. The van der Waals surface area contributed by atoms with Crippen LogP contribution in [-0.2, 0) is 9.53 Å². The topological polar surface area (TPSA) is 79.5 Å². The van der Waals surface area contributed by atoms with Crippen LogP contribution < -0.4 is 16.0 Å². The predicted octanol–water partition coefficient (Wildman–Crippen LogP) is 1.95. The highest BCUT2D eigenvalue weighted by Crippen LogP contribution is 2.15. The summed E-state index contributed by atoms with van der Waals surface area (Å²) in [5.41, 5.74) is 1.32. The van der Waals surface area contributed by atoms with Gasteiger partial charge in [-0.15, -0.1) is 0 Å². The van der Waals surface area contributed by atoms with E-state index in [1.807, 2.05) is 0 Å². The van der Waals surface area contributed by atoms with Crippen molar-refractivity contribution in [3.05, 3.63) is 24.3 Å². The highest BCUT2D eigenvalue weighted by Gasteiger charge is 2.20. The van der Waals surface area contributed by atoms with E-state index in [0.29, 0.717) is 11.4 Å². The molecule has 1 fully saturated rings. The molecule has 6 nitrogen and oxygen atoms in total. The molecule has 6 heteroatoms. The van der Waals surface area contributed by atoms with Crippen LogP contribution in [0.2, 0.25) is 0 Å². The molecule has 1 aliphatic heterocycles. The Balaban J connectivity index is 1.89. The lowest BCUT2D eigenvalue weighted by Gasteiger charge is -2.22. The minimum atomic E-state index is -0.520. The van der Waals surface area contributed by atoms with Gasteiger partial charge in [-0.2, -0.15) is 0 Å². The van der Waals surface area contributed by atoms with Gasteiger partial charge in [0.1, 0.15) is 0 Å². The molecule has 1 aromatic rings. The summed E-state index contributed by atoms with van der Waals surface area (Å²) in [7, 11) is 1.31. The number of methoxy groups -OCH3 is 1. The van der Waals surface area contributed by atoms with Crippen molar-refractivity contribution in [2.75, 3.05) is 24.3 Å². The molecule has 3 N–H and O–H groups in total. The van der Waals surface area contributed by atoms with Crippen LogP contribution in [-0.4, -0.2) is 31.7 Å². The van der Waals surface area contributed by atoms with Crippen LogP contribution >= 0.6 is 0 Å². The van der Waals surface area contributed by atoms with Crippen molar-refractivity contribution in [3.63, 3.8) is 0 Å². The average Bonchev–Trinajstić information content (AvgIpc) is 2.50. The van der Waals surface area contributed by atoms with Gasteiger partial charge in [-0.25, -0.2) is 4.79 Å². The Kier molecular flexibility index (Phi) is 4.95. The normalized spacial score (nSPS) is 18.1. The molecule has 0 spiro atoms. The lowest BCUT2D eigenvalue weighted by molar-refractivity contribution is -0.118. The van der Waals surface area contributed by atoms with E-state index in [0.717, 1.165) is 25.8 Å². The van der Waals surface area contributed by atoms with Crippen LogP contribution in [0.15, 0.2) is 24.3 Å². The second kappa shape index (κ2) is 6.91. The van der Waals surface area contributed by atoms with E-state index in [1.54, 1.807) is 24.3 Å². The number of piperidine rings is 1. The summed E-state index contributed by atoms with van der Waals surface area (Å²) >= 11 is 0. The number of amides is 2. The van der Waals surface area contributed by atoms with E-state index in [-0.39, 0.29) is 11.9 Å². The van der Waals surface area contributed by atoms with Crippen molar-refractivity contribution >= 4 is 23.4 Å². The number of benzene rings is 1. The zero-order valence-corrected chi connectivity index (χ0v) is 11.4. The first-order chi connectivity index (χ1) is 9.69. The van der Waals surface area contributed by atoms with Crippen LogP contribution in [0, 0.1) is 0 Å². The number of rotatable bonds is 3. The Labute approximate surface area is 117 Å². The minimum Gasteiger partial charge on any atom is -0.453 e. The molecule has 0 radical (unpaired) electrons. The molecule has 2 rings (SSSR count). The number of anilines is 2. The molecule has 108 valence electrons. The Hall–Kier alpha value is -2.08. The van der Waals surface area contributed by atoms with E-state index < -0.39 is 6.09 Å². The number of carbonyl (C=O) groups excluding carboxylic acids is 2. The molecule has 2 amide bonds. The third-order valence-corrected chi connectivity index (χ3v) is 3.21. The maximum atomic E-state index is 12.0. The molecule has 0 unspecified atom stereocenters.